The average Bonchev–Trinajstić information content (AvgIpc) is 3.24. The fourth-order valence-corrected chi connectivity index (χ4v) is 4.52. The van der Waals surface area contributed by atoms with Crippen molar-refractivity contribution in [1.82, 2.24) is 15.1 Å². The summed E-state index contributed by atoms with van der Waals surface area (Å²) in [6.45, 7) is 8.51. The van der Waals surface area contributed by atoms with E-state index in [-0.39, 0.29) is 17.5 Å². The zero-order chi connectivity index (χ0) is 22.4. The summed E-state index contributed by atoms with van der Waals surface area (Å²) in [5.41, 5.74) is 0.823. The second kappa shape index (κ2) is 10.7. The van der Waals surface area contributed by atoms with Gasteiger partial charge in [0.15, 0.2) is 0 Å². The molecule has 0 aliphatic carbocycles. The van der Waals surface area contributed by atoms with Crippen molar-refractivity contribution < 1.29 is 14.5 Å². The minimum absolute atomic E-state index is 0.00803. The van der Waals surface area contributed by atoms with Crippen LogP contribution in [-0.4, -0.2) is 65.3 Å². The van der Waals surface area contributed by atoms with Crippen LogP contribution in [-0.2, 0) is 4.79 Å². The van der Waals surface area contributed by atoms with Gasteiger partial charge in [-0.1, -0.05) is 6.92 Å². The van der Waals surface area contributed by atoms with Crippen LogP contribution in [0.4, 0.5) is 5.69 Å². The van der Waals surface area contributed by atoms with E-state index in [4.69, 9.17) is 0 Å². The number of benzene rings is 1. The summed E-state index contributed by atoms with van der Waals surface area (Å²) in [6.07, 6.45) is 5.97. The van der Waals surface area contributed by atoms with Crippen LogP contribution in [0.15, 0.2) is 18.2 Å². The highest BCUT2D eigenvalue weighted by atomic mass is 16.6. The minimum Gasteiger partial charge on any atom is -0.354 e. The van der Waals surface area contributed by atoms with Crippen LogP contribution in [0.5, 0.6) is 0 Å². The maximum Gasteiger partial charge on any atom is 0.272 e. The predicted molar refractivity (Wildman–Crippen MR) is 119 cm³/mol. The summed E-state index contributed by atoms with van der Waals surface area (Å²) >= 11 is 0. The number of nitrogens with zero attached hydrogens (tertiary/aromatic N) is 3. The van der Waals surface area contributed by atoms with Crippen LogP contribution in [0.3, 0.4) is 0 Å². The monoisotopic (exact) mass is 430 g/mol. The Hall–Kier alpha value is -2.48. The molecule has 1 aromatic rings. The van der Waals surface area contributed by atoms with Gasteiger partial charge in [-0.15, -0.1) is 0 Å². The molecule has 1 aromatic carbocycles. The first kappa shape index (κ1) is 23.2. The van der Waals surface area contributed by atoms with Gasteiger partial charge in [-0.2, -0.15) is 0 Å². The molecule has 1 atom stereocenters. The van der Waals surface area contributed by atoms with E-state index < -0.39 is 11.0 Å². The van der Waals surface area contributed by atoms with Crippen LogP contribution in [0, 0.1) is 23.0 Å². The summed E-state index contributed by atoms with van der Waals surface area (Å²) in [7, 11) is 0. The van der Waals surface area contributed by atoms with Crippen molar-refractivity contribution in [2.75, 3.05) is 32.7 Å². The number of likely N-dealkylation sites (tertiary alicyclic amines) is 2. The zero-order valence-electron chi connectivity index (χ0n) is 18.6. The lowest BCUT2D eigenvalue weighted by atomic mass is 9.99. The van der Waals surface area contributed by atoms with Crippen molar-refractivity contribution in [3.8, 4) is 0 Å². The van der Waals surface area contributed by atoms with Crippen molar-refractivity contribution in [3.63, 3.8) is 0 Å². The van der Waals surface area contributed by atoms with Gasteiger partial charge in [0.1, 0.15) is 6.04 Å². The molecule has 0 spiro atoms. The molecule has 0 bridgehead atoms. The van der Waals surface area contributed by atoms with Crippen molar-refractivity contribution in [2.24, 2.45) is 5.92 Å². The molecular formula is C23H34N4O4. The van der Waals surface area contributed by atoms with Gasteiger partial charge >= 0.3 is 0 Å². The second-order valence-corrected chi connectivity index (χ2v) is 8.94. The lowest BCUT2D eigenvalue weighted by Crippen LogP contribution is -2.46. The molecule has 2 heterocycles. The van der Waals surface area contributed by atoms with E-state index in [0.29, 0.717) is 30.6 Å². The molecule has 0 aromatic heterocycles. The van der Waals surface area contributed by atoms with Crippen molar-refractivity contribution >= 4 is 17.5 Å². The van der Waals surface area contributed by atoms with E-state index in [9.17, 15) is 19.7 Å². The van der Waals surface area contributed by atoms with E-state index in [1.807, 2.05) is 0 Å². The van der Waals surface area contributed by atoms with Crippen LogP contribution in [0.2, 0.25) is 0 Å². The van der Waals surface area contributed by atoms with Crippen LogP contribution < -0.4 is 5.32 Å². The Morgan fingerprint density at radius 1 is 1.16 bits per heavy atom. The summed E-state index contributed by atoms with van der Waals surface area (Å²) < 4.78 is 0. The molecular weight excluding hydrogens is 396 g/mol. The smallest absolute Gasteiger partial charge is 0.272 e. The quantitative estimate of drug-likeness (QED) is 0.388. The van der Waals surface area contributed by atoms with Gasteiger partial charge in [-0.25, -0.2) is 0 Å². The molecule has 0 radical (unpaired) electrons. The first-order chi connectivity index (χ1) is 14.9. The molecule has 3 rings (SSSR count). The number of carbonyl (C=O) groups excluding carboxylic acids is 2. The van der Waals surface area contributed by atoms with E-state index >= 15 is 0 Å². The molecule has 8 heteroatoms. The van der Waals surface area contributed by atoms with Crippen molar-refractivity contribution in [1.29, 1.82) is 0 Å². The van der Waals surface area contributed by atoms with Gasteiger partial charge in [-0.05, 0) is 83.1 Å². The number of hydrogen-bond donors (Lipinski definition) is 1. The highest BCUT2D eigenvalue weighted by Gasteiger charge is 2.34. The topological polar surface area (TPSA) is 95.8 Å². The Kier molecular flexibility index (Phi) is 8.01. The Labute approximate surface area is 184 Å². The Morgan fingerprint density at radius 3 is 2.58 bits per heavy atom. The summed E-state index contributed by atoms with van der Waals surface area (Å²) in [5, 5.41) is 14.0. The number of aryl methyl sites for hydroxylation is 1. The third-order valence-corrected chi connectivity index (χ3v) is 6.53. The number of carbonyl (C=O) groups is 2. The maximum absolute atomic E-state index is 12.9. The molecule has 1 unspecified atom stereocenters. The molecule has 2 amide bonds. The lowest BCUT2D eigenvalue weighted by Gasteiger charge is -2.30. The lowest BCUT2D eigenvalue weighted by molar-refractivity contribution is -0.385. The number of unbranched alkanes of at least 4 members (excludes halogenated alkanes) is 1. The number of amides is 2. The van der Waals surface area contributed by atoms with Gasteiger partial charge < -0.3 is 15.1 Å². The van der Waals surface area contributed by atoms with Crippen molar-refractivity contribution in [2.45, 2.75) is 58.4 Å². The SMILES string of the molecule is Cc1cc(C(=O)N2CCCC2C(=O)NCCCCN2CCC(C)CC2)ccc1[N+](=O)[O-]. The average molecular weight is 431 g/mol. The molecule has 2 aliphatic heterocycles. The van der Waals surface area contributed by atoms with Gasteiger partial charge in [0.05, 0.1) is 4.92 Å². The van der Waals surface area contributed by atoms with Gasteiger partial charge in [0.25, 0.3) is 11.6 Å². The highest BCUT2D eigenvalue weighted by molar-refractivity contribution is 5.98. The highest BCUT2D eigenvalue weighted by Crippen LogP contribution is 2.24. The molecule has 170 valence electrons. The zero-order valence-corrected chi connectivity index (χ0v) is 18.6. The third kappa shape index (κ3) is 6.03. The summed E-state index contributed by atoms with van der Waals surface area (Å²) in [4.78, 5) is 40.3. The predicted octanol–water partition coefficient (Wildman–Crippen LogP) is 3.14. The van der Waals surface area contributed by atoms with Gasteiger partial charge in [0, 0.05) is 30.3 Å². The Balaban J connectivity index is 1.46. The minimum atomic E-state index is -0.466. The van der Waals surface area contributed by atoms with E-state index in [1.165, 1.54) is 44.1 Å². The molecule has 8 nitrogen and oxygen atoms in total. The fraction of sp³-hybridized carbons (Fsp3) is 0.652. The van der Waals surface area contributed by atoms with Crippen LogP contribution >= 0.6 is 0 Å². The molecule has 0 saturated carbocycles. The summed E-state index contributed by atoms with van der Waals surface area (Å²) in [5.74, 6) is 0.494. The molecule has 2 fully saturated rings. The number of piperidine rings is 1. The normalized spacial score (nSPS) is 20.1. The van der Waals surface area contributed by atoms with E-state index in [2.05, 4.69) is 17.1 Å². The van der Waals surface area contributed by atoms with Gasteiger partial charge in [0.2, 0.25) is 5.91 Å². The standard InChI is InChI=1S/C23H34N4O4/c1-17-9-14-25(15-10-17)12-4-3-11-24-22(28)21-6-5-13-26(21)23(29)19-7-8-20(27(30)31)18(2)16-19/h7-8,16-17,21H,3-6,9-15H2,1-2H3,(H,24,28). The first-order valence-electron chi connectivity index (χ1n) is 11.4. The Morgan fingerprint density at radius 2 is 1.90 bits per heavy atom. The number of nitro groups is 1. The molecule has 31 heavy (non-hydrogen) atoms. The fourth-order valence-electron chi connectivity index (χ4n) is 4.52. The number of nitrogens with one attached hydrogen (secondary N) is 1. The van der Waals surface area contributed by atoms with E-state index in [1.54, 1.807) is 11.8 Å². The number of rotatable bonds is 8. The number of nitro benzene ring substituents is 1. The van der Waals surface area contributed by atoms with Crippen molar-refractivity contribution in [3.05, 3.63) is 39.4 Å². The molecule has 2 aliphatic rings. The van der Waals surface area contributed by atoms with E-state index in [0.717, 1.165) is 31.7 Å². The van der Waals surface area contributed by atoms with Gasteiger partial charge in [-0.3, -0.25) is 19.7 Å². The van der Waals surface area contributed by atoms with Crippen LogP contribution in [0.1, 0.15) is 61.4 Å². The largest absolute Gasteiger partial charge is 0.354 e. The molecule has 1 N–H and O–H groups in total. The maximum atomic E-state index is 12.9. The second-order valence-electron chi connectivity index (χ2n) is 8.94. The Bertz CT molecular complexity index is 805. The summed E-state index contributed by atoms with van der Waals surface area (Å²) in [6, 6.07) is 3.90. The third-order valence-electron chi connectivity index (χ3n) is 6.53. The number of hydrogen-bond acceptors (Lipinski definition) is 5. The first-order valence-corrected chi connectivity index (χ1v) is 11.4. The van der Waals surface area contributed by atoms with Crippen LogP contribution in [0.25, 0.3) is 0 Å². The molecule has 2 saturated heterocycles.